The molecule has 1 atom stereocenters. The second-order valence-electron chi connectivity index (χ2n) is 4.89. The Morgan fingerprint density at radius 3 is 3.06 bits per heavy atom. The quantitative estimate of drug-likeness (QED) is 0.909. The van der Waals surface area contributed by atoms with Crippen LogP contribution in [0.4, 0.5) is 5.69 Å². The molecule has 1 unspecified atom stereocenters. The fourth-order valence-electron chi connectivity index (χ4n) is 2.01. The minimum absolute atomic E-state index is 0.172. The molecular formula is C12H18ClN3O2. The van der Waals surface area contributed by atoms with Crippen LogP contribution in [-0.4, -0.2) is 28.5 Å². The first-order chi connectivity index (χ1) is 8.56. The predicted octanol–water partition coefficient (Wildman–Crippen LogP) is 1.90. The van der Waals surface area contributed by atoms with E-state index in [-0.39, 0.29) is 16.1 Å². The Labute approximate surface area is 111 Å². The van der Waals surface area contributed by atoms with E-state index < -0.39 is 0 Å². The highest BCUT2D eigenvalue weighted by Gasteiger charge is 2.30. The van der Waals surface area contributed by atoms with Gasteiger partial charge in [0.2, 0.25) is 0 Å². The highest BCUT2D eigenvalue weighted by molar-refractivity contribution is 6.32. The average Bonchev–Trinajstić information content (AvgIpc) is 2.76. The third-order valence-corrected chi connectivity index (χ3v) is 3.44. The van der Waals surface area contributed by atoms with Gasteiger partial charge in [-0.15, -0.1) is 0 Å². The molecule has 1 aliphatic heterocycles. The number of anilines is 1. The van der Waals surface area contributed by atoms with Gasteiger partial charge in [0, 0.05) is 13.2 Å². The Bertz CT molecular complexity index is 481. The van der Waals surface area contributed by atoms with Gasteiger partial charge in [-0.25, -0.2) is 4.68 Å². The SMILES string of the molecule is CCCn1ncc(NC2(C)CCOC2)c(Cl)c1=O. The highest BCUT2D eigenvalue weighted by atomic mass is 35.5. The lowest BCUT2D eigenvalue weighted by Gasteiger charge is -2.25. The van der Waals surface area contributed by atoms with E-state index in [9.17, 15) is 4.79 Å². The Balaban J connectivity index is 2.24. The molecule has 0 saturated carbocycles. The minimum Gasteiger partial charge on any atom is -0.379 e. The summed E-state index contributed by atoms with van der Waals surface area (Å²) >= 11 is 6.10. The van der Waals surface area contributed by atoms with Crippen molar-refractivity contribution in [3.05, 3.63) is 21.6 Å². The average molecular weight is 272 g/mol. The van der Waals surface area contributed by atoms with Crippen LogP contribution in [0, 0.1) is 0 Å². The number of ether oxygens (including phenoxy) is 1. The Hall–Kier alpha value is -1.07. The topological polar surface area (TPSA) is 56.1 Å². The lowest BCUT2D eigenvalue weighted by Crippen LogP contribution is -2.36. The summed E-state index contributed by atoms with van der Waals surface area (Å²) in [6.07, 6.45) is 3.35. The summed E-state index contributed by atoms with van der Waals surface area (Å²) in [5, 5.41) is 7.58. The molecule has 2 heterocycles. The molecule has 1 fully saturated rings. The standard InChI is InChI=1S/C12H18ClN3O2/c1-3-5-16-11(17)10(13)9(7-14-16)15-12(2)4-6-18-8-12/h7,15H,3-6,8H2,1-2H3. The fraction of sp³-hybridized carbons (Fsp3) is 0.667. The van der Waals surface area contributed by atoms with Crippen molar-refractivity contribution in [2.24, 2.45) is 0 Å². The number of aromatic nitrogens is 2. The maximum Gasteiger partial charge on any atom is 0.287 e. The monoisotopic (exact) mass is 271 g/mol. The number of nitrogens with one attached hydrogen (secondary N) is 1. The number of nitrogens with zero attached hydrogens (tertiary/aromatic N) is 2. The summed E-state index contributed by atoms with van der Waals surface area (Å²) in [5.41, 5.74) is 0.169. The van der Waals surface area contributed by atoms with Gasteiger partial charge in [-0.05, 0) is 19.8 Å². The maximum absolute atomic E-state index is 12.0. The molecule has 18 heavy (non-hydrogen) atoms. The van der Waals surface area contributed by atoms with E-state index in [2.05, 4.69) is 10.4 Å². The van der Waals surface area contributed by atoms with E-state index in [1.165, 1.54) is 4.68 Å². The van der Waals surface area contributed by atoms with Crippen molar-refractivity contribution in [1.82, 2.24) is 9.78 Å². The van der Waals surface area contributed by atoms with Crippen LogP contribution in [0.2, 0.25) is 5.02 Å². The summed E-state index contributed by atoms with van der Waals surface area (Å²) in [5.74, 6) is 0. The summed E-state index contributed by atoms with van der Waals surface area (Å²) in [7, 11) is 0. The first-order valence-electron chi connectivity index (χ1n) is 6.17. The van der Waals surface area contributed by atoms with Gasteiger partial charge in [0.25, 0.3) is 5.56 Å². The third-order valence-electron chi connectivity index (χ3n) is 3.08. The van der Waals surface area contributed by atoms with Gasteiger partial charge >= 0.3 is 0 Å². The molecule has 6 heteroatoms. The van der Waals surface area contributed by atoms with Gasteiger partial charge in [-0.2, -0.15) is 5.10 Å². The molecule has 1 N–H and O–H groups in total. The maximum atomic E-state index is 12.0. The van der Waals surface area contributed by atoms with Gasteiger partial charge in [0.05, 0.1) is 24.0 Å². The van der Waals surface area contributed by atoms with Crippen LogP contribution in [0.25, 0.3) is 0 Å². The van der Waals surface area contributed by atoms with E-state index in [1.807, 2.05) is 13.8 Å². The zero-order valence-corrected chi connectivity index (χ0v) is 11.5. The first kappa shape index (κ1) is 13.4. The zero-order chi connectivity index (χ0) is 13.2. The molecule has 0 aliphatic carbocycles. The molecule has 100 valence electrons. The molecule has 0 spiro atoms. The molecule has 2 rings (SSSR count). The fourth-order valence-corrected chi connectivity index (χ4v) is 2.21. The molecular weight excluding hydrogens is 254 g/mol. The number of hydrogen-bond donors (Lipinski definition) is 1. The van der Waals surface area contributed by atoms with Crippen LogP contribution >= 0.6 is 11.6 Å². The minimum atomic E-state index is -0.244. The summed E-state index contributed by atoms with van der Waals surface area (Å²) in [6.45, 7) is 5.96. The van der Waals surface area contributed by atoms with E-state index in [1.54, 1.807) is 6.20 Å². The summed E-state index contributed by atoms with van der Waals surface area (Å²) in [6, 6.07) is 0. The van der Waals surface area contributed by atoms with Crippen molar-refractivity contribution < 1.29 is 4.74 Å². The van der Waals surface area contributed by atoms with Crippen LogP contribution in [0.5, 0.6) is 0 Å². The van der Waals surface area contributed by atoms with Gasteiger partial charge < -0.3 is 10.1 Å². The second kappa shape index (κ2) is 5.28. The van der Waals surface area contributed by atoms with Gasteiger partial charge in [-0.3, -0.25) is 4.79 Å². The van der Waals surface area contributed by atoms with Crippen LogP contribution in [0.15, 0.2) is 11.0 Å². The smallest absolute Gasteiger partial charge is 0.287 e. The number of aryl methyl sites for hydroxylation is 1. The predicted molar refractivity (Wildman–Crippen MR) is 71.3 cm³/mol. The lowest BCUT2D eigenvalue weighted by atomic mass is 10.0. The number of halogens is 1. The lowest BCUT2D eigenvalue weighted by molar-refractivity contribution is 0.185. The van der Waals surface area contributed by atoms with E-state index in [0.29, 0.717) is 18.8 Å². The molecule has 0 radical (unpaired) electrons. The Morgan fingerprint density at radius 2 is 2.44 bits per heavy atom. The van der Waals surface area contributed by atoms with E-state index >= 15 is 0 Å². The van der Waals surface area contributed by atoms with Crippen molar-refractivity contribution in [3.8, 4) is 0 Å². The van der Waals surface area contributed by atoms with Crippen LogP contribution < -0.4 is 10.9 Å². The van der Waals surface area contributed by atoms with Crippen LogP contribution in [0.1, 0.15) is 26.7 Å². The molecule has 1 aromatic heterocycles. The zero-order valence-electron chi connectivity index (χ0n) is 10.7. The van der Waals surface area contributed by atoms with E-state index in [4.69, 9.17) is 16.3 Å². The molecule has 0 amide bonds. The Kier molecular flexibility index (Phi) is 3.92. The van der Waals surface area contributed by atoms with Crippen molar-refractivity contribution in [3.63, 3.8) is 0 Å². The first-order valence-corrected chi connectivity index (χ1v) is 6.55. The van der Waals surface area contributed by atoms with Crippen LogP contribution in [0.3, 0.4) is 0 Å². The van der Waals surface area contributed by atoms with Crippen molar-refractivity contribution >= 4 is 17.3 Å². The van der Waals surface area contributed by atoms with Gasteiger partial charge in [0.1, 0.15) is 5.02 Å². The molecule has 1 aromatic rings. The number of rotatable bonds is 4. The largest absolute Gasteiger partial charge is 0.379 e. The highest BCUT2D eigenvalue weighted by Crippen LogP contribution is 2.26. The number of hydrogen-bond acceptors (Lipinski definition) is 4. The van der Waals surface area contributed by atoms with Crippen molar-refractivity contribution in [1.29, 1.82) is 0 Å². The molecule has 1 saturated heterocycles. The van der Waals surface area contributed by atoms with Gasteiger partial charge in [0.15, 0.2) is 0 Å². The third kappa shape index (κ3) is 2.67. The van der Waals surface area contributed by atoms with Gasteiger partial charge in [-0.1, -0.05) is 18.5 Å². The van der Waals surface area contributed by atoms with E-state index in [0.717, 1.165) is 19.4 Å². The summed E-state index contributed by atoms with van der Waals surface area (Å²) in [4.78, 5) is 12.0. The van der Waals surface area contributed by atoms with Crippen LogP contribution in [-0.2, 0) is 11.3 Å². The summed E-state index contributed by atoms with van der Waals surface area (Å²) < 4.78 is 6.75. The Morgan fingerprint density at radius 1 is 1.67 bits per heavy atom. The second-order valence-corrected chi connectivity index (χ2v) is 5.27. The molecule has 5 nitrogen and oxygen atoms in total. The normalized spacial score (nSPS) is 23.3. The molecule has 0 aromatic carbocycles. The molecule has 0 bridgehead atoms. The van der Waals surface area contributed by atoms with Crippen molar-refractivity contribution in [2.75, 3.05) is 18.5 Å². The van der Waals surface area contributed by atoms with Crippen molar-refractivity contribution in [2.45, 2.75) is 38.8 Å². The molecule has 1 aliphatic rings.